The third kappa shape index (κ3) is 3.41. The van der Waals surface area contributed by atoms with Crippen molar-refractivity contribution in [3.63, 3.8) is 0 Å². The number of carbonyl (C=O) groups is 1. The molecular weight excluding hydrogens is 351 g/mol. The number of rotatable bonds is 3. The topological polar surface area (TPSA) is 86.0 Å². The standard InChI is InChI=1S/C19H17FN4O3/c1-11-5-4-6-15(12(11)2)21-17(25)16-18(26)23(3)19(27)24(22-16)14-9-7-13(20)8-10-14/h4-10H,1-3H3,(H,21,25). The van der Waals surface area contributed by atoms with Gasteiger partial charge in [0.05, 0.1) is 5.69 Å². The molecule has 2 aromatic carbocycles. The van der Waals surface area contributed by atoms with Gasteiger partial charge in [-0.25, -0.2) is 9.18 Å². The first-order valence-electron chi connectivity index (χ1n) is 8.13. The Morgan fingerprint density at radius 3 is 2.41 bits per heavy atom. The van der Waals surface area contributed by atoms with Gasteiger partial charge in [0.25, 0.3) is 11.5 Å². The highest BCUT2D eigenvalue weighted by molar-refractivity contribution is 6.03. The fourth-order valence-electron chi connectivity index (χ4n) is 2.53. The van der Waals surface area contributed by atoms with Crippen LogP contribution in [0.3, 0.4) is 0 Å². The van der Waals surface area contributed by atoms with Crippen molar-refractivity contribution in [2.75, 3.05) is 5.32 Å². The minimum absolute atomic E-state index is 0.234. The molecule has 1 N–H and O–H groups in total. The van der Waals surface area contributed by atoms with E-state index in [2.05, 4.69) is 10.4 Å². The van der Waals surface area contributed by atoms with Crippen LogP contribution < -0.4 is 16.6 Å². The molecule has 1 aromatic heterocycles. The van der Waals surface area contributed by atoms with Crippen LogP contribution in [0.15, 0.2) is 52.1 Å². The van der Waals surface area contributed by atoms with Gasteiger partial charge in [-0.05, 0) is 55.3 Å². The first kappa shape index (κ1) is 18.2. The van der Waals surface area contributed by atoms with Crippen LogP contribution >= 0.6 is 0 Å². The number of carbonyl (C=O) groups excluding carboxylic acids is 1. The lowest BCUT2D eigenvalue weighted by Crippen LogP contribution is -2.43. The van der Waals surface area contributed by atoms with Crippen molar-refractivity contribution in [1.29, 1.82) is 0 Å². The molecule has 1 heterocycles. The second kappa shape index (κ2) is 6.99. The van der Waals surface area contributed by atoms with E-state index in [0.29, 0.717) is 5.69 Å². The van der Waals surface area contributed by atoms with Gasteiger partial charge < -0.3 is 5.32 Å². The smallest absolute Gasteiger partial charge is 0.320 e. The van der Waals surface area contributed by atoms with E-state index < -0.39 is 28.7 Å². The quantitative estimate of drug-likeness (QED) is 0.766. The van der Waals surface area contributed by atoms with Crippen molar-refractivity contribution in [3.8, 4) is 5.69 Å². The number of hydrogen-bond acceptors (Lipinski definition) is 4. The van der Waals surface area contributed by atoms with Crippen LogP contribution in [0.1, 0.15) is 21.6 Å². The number of nitrogens with zero attached hydrogens (tertiary/aromatic N) is 3. The Bertz CT molecular complexity index is 1150. The zero-order valence-corrected chi connectivity index (χ0v) is 15.0. The molecule has 0 fully saturated rings. The summed E-state index contributed by atoms with van der Waals surface area (Å²) in [4.78, 5) is 37.4. The average Bonchev–Trinajstić information content (AvgIpc) is 2.64. The van der Waals surface area contributed by atoms with Gasteiger partial charge in [-0.1, -0.05) is 12.1 Å². The highest BCUT2D eigenvalue weighted by Crippen LogP contribution is 2.18. The van der Waals surface area contributed by atoms with Crippen molar-refractivity contribution in [2.24, 2.45) is 7.05 Å². The van der Waals surface area contributed by atoms with Crippen LogP contribution in [0, 0.1) is 19.7 Å². The molecule has 27 heavy (non-hydrogen) atoms. The predicted octanol–water partition coefficient (Wildman–Crippen LogP) is 1.94. The van der Waals surface area contributed by atoms with E-state index in [-0.39, 0.29) is 5.69 Å². The molecule has 8 heteroatoms. The molecule has 0 aliphatic rings. The lowest BCUT2D eigenvalue weighted by molar-refractivity contribution is 0.101. The monoisotopic (exact) mass is 368 g/mol. The van der Waals surface area contributed by atoms with Gasteiger partial charge in [0.15, 0.2) is 0 Å². The van der Waals surface area contributed by atoms with Gasteiger partial charge in [0.2, 0.25) is 5.69 Å². The number of nitrogens with one attached hydrogen (secondary N) is 1. The Labute approximate surface area is 153 Å². The summed E-state index contributed by atoms with van der Waals surface area (Å²) >= 11 is 0. The molecule has 7 nitrogen and oxygen atoms in total. The van der Waals surface area contributed by atoms with Crippen molar-refractivity contribution >= 4 is 11.6 Å². The number of halogens is 1. The molecule has 0 aliphatic heterocycles. The molecule has 0 saturated carbocycles. The van der Waals surface area contributed by atoms with E-state index in [0.717, 1.165) is 32.5 Å². The van der Waals surface area contributed by atoms with Gasteiger partial charge in [-0.3, -0.25) is 14.2 Å². The minimum Gasteiger partial charge on any atom is -0.320 e. The Kier molecular flexibility index (Phi) is 4.72. The lowest BCUT2D eigenvalue weighted by atomic mass is 10.1. The van der Waals surface area contributed by atoms with E-state index in [1.165, 1.54) is 19.2 Å². The second-order valence-electron chi connectivity index (χ2n) is 6.09. The third-order valence-electron chi connectivity index (χ3n) is 4.31. The molecule has 0 saturated heterocycles. The average molecular weight is 368 g/mol. The molecule has 0 atom stereocenters. The van der Waals surface area contributed by atoms with E-state index in [1.807, 2.05) is 19.9 Å². The molecule has 0 unspecified atom stereocenters. The van der Waals surface area contributed by atoms with Crippen molar-refractivity contribution in [1.82, 2.24) is 14.3 Å². The van der Waals surface area contributed by atoms with Crippen LogP contribution in [0.5, 0.6) is 0 Å². The van der Waals surface area contributed by atoms with E-state index in [9.17, 15) is 18.8 Å². The molecule has 0 bridgehead atoms. The van der Waals surface area contributed by atoms with Gasteiger partial charge in [-0.2, -0.15) is 9.78 Å². The van der Waals surface area contributed by atoms with E-state index in [4.69, 9.17) is 0 Å². The number of hydrogen-bond donors (Lipinski definition) is 1. The Hall–Kier alpha value is -3.55. The van der Waals surface area contributed by atoms with Gasteiger partial charge in [-0.15, -0.1) is 0 Å². The first-order valence-corrected chi connectivity index (χ1v) is 8.13. The zero-order chi connectivity index (χ0) is 19.7. The number of aromatic nitrogens is 3. The Balaban J connectivity index is 2.09. The van der Waals surface area contributed by atoms with E-state index >= 15 is 0 Å². The lowest BCUT2D eigenvalue weighted by Gasteiger charge is -2.12. The van der Waals surface area contributed by atoms with E-state index in [1.54, 1.807) is 12.1 Å². The summed E-state index contributed by atoms with van der Waals surface area (Å²) in [6, 6.07) is 10.4. The molecule has 138 valence electrons. The van der Waals surface area contributed by atoms with Crippen LogP contribution in [0.4, 0.5) is 10.1 Å². The van der Waals surface area contributed by atoms with Crippen LogP contribution in [0.2, 0.25) is 0 Å². The molecule has 0 spiro atoms. The Morgan fingerprint density at radius 1 is 1.07 bits per heavy atom. The second-order valence-corrected chi connectivity index (χ2v) is 6.09. The SMILES string of the molecule is Cc1cccc(NC(=O)c2nn(-c3ccc(F)cc3)c(=O)n(C)c2=O)c1C. The fraction of sp³-hybridized carbons (Fsp3) is 0.158. The molecule has 1 amide bonds. The highest BCUT2D eigenvalue weighted by atomic mass is 19.1. The number of amides is 1. The summed E-state index contributed by atoms with van der Waals surface area (Å²) in [5.74, 6) is -1.22. The maximum atomic E-state index is 13.1. The third-order valence-corrected chi connectivity index (χ3v) is 4.31. The van der Waals surface area contributed by atoms with Crippen molar-refractivity contribution < 1.29 is 9.18 Å². The maximum Gasteiger partial charge on any atom is 0.351 e. The first-order chi connectivity index (χ1) is 12.8. The zero-order valence-electron chi connectivity index (χ0n) is 15.0. The molecule has 3 aromatic rings. The summed E-state index contributed by atoms with van der Waals surface area (Å²) in [6.45, 7) is 3.74. The van der Waals surface area contributed by atoms with Crippen molar-refractivity contribution in [3.05, 3.63) is 85.9 Å². The van der Waals surface area contributed by atoms with Gasteiger partial charge >= 0.3 is 5.69 Å². The summed E-state index contributed by atoms with van der Waals surface area (Å²) in [5.41, 5.74) is 0.610. The normalized spacial score (nSPS) is 10.7. The molecule has 3 rings (SSSR count). The van der Waals surface area contributed by atoms with Gasteiger partial charge in [0.1, 0.15) is 5.82 Å². The van der Waals surface area contributed by atoms with Crippen LogP contribution in [-0.2, 0) is 7.05 Å². The number of benzene rings is 2. The number of anilines is 1. The molecular formula is C19H17FN4O3. The maximum absolute atomic E-state index is 13.1. The number of aryl methyl sites for hydroxylation is 1. The minimum atomic E-state index is -0.818. The fourth-order valence-corrected chi connectivity index (χ4v) is 2.53. The van der Waals surface area contributed by atoms with Gasteiger partial charge in [0, 0.05) is 12.7 Å². The van der Waals surface area contributed by atoms with Crippen molar-refractivity contribution in [2.45, 2.75) is 13.8 Å². The van der Waals surface area contributed by atoms with Crippen LogP contribution in [0.25, 0.3) is 5.69 Å². The summed E-state index contributed by atoms with van der Waals surface area (Å²) in [5, 5.41) is 6.57. The molecule has 0 radical (unpaired) electrons. The summed E-state index contributed by atoms with van der Waals surface area (Å²) < 4.78 is 14.8. The highest BCUT2D eigenvalue weighted by Gasteiger charge is 2.19. The largest absolute Gasteiger partial charge is 0.351 e. The predicted molar refractivity (Wildman–Crippen MR) is 98.9 cm³/mol. The summed E-state index contributed by atoms with van der Waals surface area (Å²) in [7, 11) is 1.25. The summed E-state index contributed by atoms with van der Waals surface area (Å²) in [6.07, 6.45) is 0. The Morgan fingerprint density at radius 2 is 1.74 bits per heavy atom. The van der Waals surface area contributed by atoms with Crippen LogP contribution in [-0.4, -0.2) is 20.3 Å². The molecule has 0 aliphatic carbocycles.